The Morgan fingerprint density at radius 1 is 1.24 bits per heavy atom. The lowest BCUT2D eigenvalue weighted by atomic mass is 9.95. The van der Waals surface area contributed by atoms with Crippen molar-refractivity contribution in [2.45, 2.75) is 65.5 Å². The van der Waals surface area contributed by atoms with Crippen molar-refractivity contribution in [3.05, 3.63) is 30.1 Å². The number of hydrogen-bond donors (Lipinski definition) is 1. The fourth-order valence-corrected chi connectivity index (χ4v) is 3.29. The van der Waals surface area contributed by atoms with Crippen LogP contribution < -0.4 is 5.32 Å². The second kappa shape index (κ2) is 7.31. The molecule has 0 aliphatic heterocycles. The zero-order chi connectivity index (χ0) is 17.9. The maximum atomic E-state index is 12.8. The molecule has 0 spiro atoms. The molecule has 0 unspecified atom stereocenters. The number of rotatable bonds is 3. The van der Waals surface area contributed by atoms with Crippen LogP contribution in [0.1, 0.15) is 63.5 Å². The average molecular weight is 337 g/mol. The molecule has 0 saturated heterocycles. The van der Waals surface area contributed by atoms with Crippen molar-refractivity contribution in [2.24, 2.45) is 5.41 Å². The molecule has 132 valence electrons. The van der Waals surface area contributed by atoms with E-state index in [4.69, 9.17) is 0 Å². The van der Waals surface area contributed by atoms with Crippen molar-refractivity contribution in [3.8, 4) is 11.8 Å². The summed E-state index contributed by atoms with van der Waals surface area (Å²) in [6.07, 6.45) is 5.79. The van der Waals surface area contributed by atoms with Crippen LogP contribution in [-0.4, -0.2) is 21.5 Å². The van der Waals surface area contributed by atoms with Crippen LogP contribution in [0.25, 0.3) is 11.0 Å². The predicted molar refractivity (Wildman–Crippen MR) is 101 cm³/mol. The second-order valence-electron chi connectivity index (χ2n) is 7.87. The number of carbonyl (C=O) groups is 1. The van der Waals surface area contributed by atoms with Gasteiger partial charge in [-0.3, -0.25) is 4.79 Å². The summed E-state index contributed by atoms with van der Waals surface area (Å²) in [4.78, 5) is 17.4. The van der Waals surface area contributed by atoms with Crippen molar-refractivity contribution in [1.82, 2.24) is 14.9 Å². The monoisotopic (exact) mass is 337 g/mol. The summed E-state index contributed by atoms with van der Waals surface area (Å²) in [6.45, 7) is 6.74. The number of nitrogens with zero attached hydrogens (tertiary/aromatic N) is 2. The average Bonchev–Trinajstić information content (AvgIpc) is 2.94. The van der Waals surface area contributed by atoms with Crippen LogP contribution >= 0.6 is 0 Å². The molecule has 1 N–H and O–H groups in total. The Balaban J connectivity index is 1.88. The van der Waals surface area contributed by atoms with Crippen LogP contribution in [0.4, 0.5) is 0 Å². The van der Waals surface area contributed by atoms with Crippen LogP contribution in [0, 0.1) is 17.3 Å². The van der Waals surface area contributed by atoms with Crippen molar-refractivity contribution >= 4 is 16.9 Å². The molecule has 25 heavy (non-hydrogen) atoms. The summed E-state index contributed by atoms with van der Waals surface area (Å²) in [5.41, 5.74) is 1.74. The minimum Gasteiger partial charge on any atom is -0.347 e. The summed E-state index contributed by atoms with van der Waals surface area (Å²) in [5, 5.41) is 3.17. The van der Waals surface area contributed by atoms with Crippen LogP contribution in [0.2, 0.25) is 0 Å². The molecule has 2 aromatic rings. The molecule has 3 rings (SSSR count). The van der Waals surface area contributed by atoms with Crippen LogP contribution in [0.3, 0.4) is 0 Å². The summed E-state index contributed by atoms with van der Waals surface area (Å²) in [6, 6.07) is 8.14. The third-order valence-electron chi connectivity index (χ3n) is 4.50. The molecular formula is C21H27N3O. The second-order valence-corrected chi connectivity index (χ2v) is 7.87. The van der Waals surface area contributed by atoms with E-state index < -0.39 is 0 Å². The summed E-state index contributed by atoms with van der Waals surface area (Å²) >= 11 is 0. The Labute approximate surface area is 150 Å². The van der Waals surface area contributed by atoms with E-state index >= 15 is 0 Å². The summed E-state index contributed by atoms with van der Waals surface area (Å²) in [5.74, 6) is 6.84. The van der Waals surface area contributed by atoms with E-state index in [-0.39, 0.29) is 17.4 Å². The Hall–Kier alpha value is -2.28. The molecule has 1 aliphatic carbocycles. The zero-order valence-corrected chi connectivity index (χ0v) is 15.4. The molecular weight excluding hydrogens is 310 g/mol. The molecule has 0 bridgehead atoms. The molecule has 1 fully saturated rings. The standard InChI is InChI=1S/C21H27N3O/c1-21(2,3)14-9-15-24-18-13-8-7-12-17(18)23-19(24)20(25)22-16-10-5-4-6-11-16/h7-8,12-13,16H,4-6,10-11,15H2,1-3H3,(H,22,25). The molecule has 1 saturated carbocycles. The van der Waals surface area contributed by atoms with Gasteiger partial charge in [-0.2, -0.15) is 0 Å². The van der Waals surface area contributed by atoms with E-state index in [1.54, 1.807) is 0 Å². The maximum absolute atomic E-state index is 12.8. The van der Waals surface area contributed by atoms with Crippen molar-refractivity contribution in [1.29, 1.82) is 0 Å². The summed E-state index contributed by atoms with van der Waals surface area (Å²) < 4.78 is 1.94. The topological polar surface area (TPSA) is 46.9 Å². The lowest BCUT2D eigenvalue weighted by molar-refractivity contribution is 0.0914. The van der Waals surface area contributed by atoms with Crippen molar-refractivity contribution in [2.75, 3.05) is 0 Å². The number of hydrogen-bond acceptors (Lipinski definition) is 2. The van der Waals surface area contributed by atoms with Gasteiger partial charge in [-0.15, -0.1) is 0 Å². The van der Waals surface area contributed by atoms with Crippen LogP contribution in [0.5, 0.6) is 0 Å². The van der Waals surface area contributed by atoms with Gasteiger partial charge < -0.3 is 9.88 Å². The Morgan fingerprint density at radius 3 is 2.68 bits per heavy atom. The highest BCUT2D eigenvalue weighted by Gasteiger charge is 2.21. The van der Waals surface area contributed by atoms with Crippen LogP contribution in [-0.2, 0) is 6.54 Å². The highest BCUT2D eigenvalue weighted by Crippen LogP contribution is 2.20. The zero-order valence-electron chi connectivity index (χ0n) is 15.4. The SMILES string of the molecule is CC(C)(C)C#CCn1c(C(=O)NC2CCCCC2)nc2ccccc21. The maximum Gasteiger partial charge on any atom is 0.287 e. The van der Waals surface area contributed by atoms with Gasteiger partial charge in [0.05, 0.1) is 17.6 Å². The third kappa shape index (κ3) is 4.42. The van der Waals surface area contributed by atoms with E-state index in [0.717, 1.165) is 23.9 Å². The molecule has 4 heteroatoms. The number of carbonyl (C=O) groups excluding carboxylic acids is 1. The third-order valence-corrected chi connectivity index (χ3v) is 4.50. The van der Waals surface area contributed by atoms with Gasteiger partial charge in [0.2, 0.25) is 5.82 Å². The van der Waals surface area contributed by atoms with Gasteiger partial charge in [0.15, 0.2) is 0 Å². The first-order valence-corrected chi connectivity index (χ1v) is 9.20. The first-order chi connectivity index (χ1) is 11.9. The first-order valence-electron chi connectivity index (χ1n) is 9.20. The molecule has 4 nitrogen and oxygen atoms in total. The van der Waals surface area contributed by atoms with E-state index in [0.29, 0.717) is 12.4 Å². The molecule has 1 amide bonds. The first kappa shape index (κ1) is 17.5. The molecule has 0 radical (unpaired) electrons. The molecule has 1 aromatic heterocycles. The molecule has 0 atom stereocenters. The largest absolute Gasteiger partial charge is 0.347 e. The normalized spacial score (nSPS) is 15.6. The number of para-hydroxylation sites is 2. The fourth-order valence-electron chi connectivity index (χ4n) is 3.29. The summed E-state index contributed by atoms with van der Waals surface area (Å²) in [7, 11) is 0. The number of fused-ring (bicyclic) bond motifs is 1. The number of nitrogens with one attached hydrogen (secondary N) is 1. The lowest BCUT2D eigenvalue weighted by Gasteiger charge is -2.22. The Morgan fingerprint density at radius 2 is 1.96 bits per heavy atom. The van der Waals surface area contributed by atoms with E-state index in [9.17, 15) is 4.79 Å². The fraction of sp³-hybridized carbons (Fsp3) is 0.524. The van der Waals surface area contributed by atoms with Gasteiger partial charge in [0, 0.05) is 11.5 Å². The van der Waals surface area contributed by atoms with Crippen molar-refractivity contribution < 1.29 is 4.79 Å². The smallest absolute Gasteiger partial charge is 0.287 e. The van der Waals surface area contributed by atoms with E-state index in [1.165, 1.54) is 19.3 Å². The minimum atomic E-state index is -0.0827. The molecule has 1 aliphatic rings. The highest BCUT2D eigenvalue weighted by molar-refractivity contribution is 5.95. The Kier molecular flexibility index (Phi) is 5.13. The highest BCUT2D eigenvalue weighted by atomic mass is 16.2. The molecule has 1 aromatic carbocycles. The van der Waals surface area contributed by atoms with Gasteiger partial charge in [0.1, 0.15) is 0 Å². The number of imidazole rings is 1. The quantitative estimate of drug-likeness (QED) is 0.855. The Bertz CT molecular complexity index is 811. The van der Waals surface area contributed by atoms with Gasteiger partial charge >= 0.3 is 0 Å². The van der Waals surface area contributed by atoms with Crippen molar-refractivity contribution in [3.63, 3.8) is 0 Å². The van der Waals surface area contributed by atoms with Gasteiger partial charge in [0.25, 0.3) is 5.91 Å². The van der Waals surface area contributed by atoms with E-state index in [2.05, 4.69) is 42.9 Å². The number of amides is 1. The van der Waals surface area contributed by atoms with Crippen LogP contribution in [0.15, 0.2) is 24.3 Å². The number of aromatic nitrogens is 2. The number of benzene rings is 1. The van der Waals surface area contributed by atoms with E-state index in [1.807, 2.05) is 28.8 Å². The predicted octanol–water partition coefficient (Wildman–Crippen LogP) is 4.15. The van der Waals surface area contributed by atoms with Gasteiger partial charge in [-0.05, 0) is 45.7 Å². The molecule has 1 heterocycles. The lowest BCUT2D eigenvalue weighted by Crippen LogP contribution is -2.37. The minimum absolute atomic E-state index is 0.0547. The van der Waals surface area contributed by atoms with Gasteiger partial charge in [-0.25, -0.2) is 4.98 Å². The van der Waals surface area contributed by atoms with Gasteiger partial charge in [-0.1, -0.05) is 43.2 Å².